The van der Waals surface area contributed by atoms with Gasteiger partial charge in [0.05, 0.1) is 17.7 Å². The van der Waals surface area contributed by atoms with Gasteiger partial charge in [-0.1, -0.05) is 53.5 Å². The standard InChI is InChI=1S/C23H22Cl2N2O4S/c1-31-22-12-11-19(25)15-21(22)27(32(29,30)20-5-3-2-4-6-20)16-23(28)26-14-13-17-7-9-18(24)10-8-17/h2-12,15H,13-14,16H2,1H3,(H,26,28). The van der Waals surface area contributed by atoms with E-state index < -0.39 is 22.5 Å². The Morgan fingerprint density at radius 3 is 2.28 bits per heavy atom. The van der Waals surface area contributed by atoms with Crippen LogP contribution in [-0.2, 0) is 21.2 Å². The third kappa shape index (κ3) is 5.94. The lowest BCUT2D eigenvalue weighted by atomic mass is 10.1. The number of hydrogen-bond donors (Lipinski definition) is 1. The molecule has 0 spiro atoms. The molecule has 0 radical (unpaired) electrons. The zero-order chi connectivity index (χ0) is 23.1. The molecule has 0 aliphatic carbocycles. The number of sulfonamides is 1. The summed E-state index contributed by atoms with van der Waals surface area (Å²) in [6, 6.07) is 19.8. The molecule has 0 atom stereocenters. The summed E-state index contributed by atoms with van der Waals surface area (Å²) in [4.78, 5) is 12.8. The van der Waals surface area contributed by atoms with E-state index in [0.717, 1.165) is 9.87 Å². The molecule has 0 heterocycles. The largest absolute Gasteiger partial charge is 0.495 e. The lowest BCUT2D eigenvalue weighted by molar-refractivity contribution is -0.119. The zero-order valence-electron chi connectivity index (χ0n) is 17.3. The van der Waals surface area contributed by atoms with Crippen molar-refractivity contribution in [2.24, 2.45) is 0 Å². The number of nitrogens with zero attached hydrogens (tertiary/aromatic N) is 1. The number of nitrogens with one attached hydrogen (secondary N) is 1. The Hall–Kier alpha value is -2.74. The van der Waals surface area contributed by atoms with Gasteiger partial charge in [-0.15, -0.1) is 0 Å². The average molecular weight is 493 g/mol. The molecule has 0 unspecified atom stereocenters. The number of halogens is 2. The predicted molar refractivity (Wildman–Crippen MR) is 127 cm³/mol. The van der Waals surface area contributed by atoms with E-state index in [-0.39, 0.29) is 16.3 Å². The molecule has 0 aliphatic rings. The molecule has 9 heteroatoms. The van der Waals surface area contributed by atoms with E-state index >= 15 is 0 Å². The normalized spacial score (nSPS) is 11.1. The van der Waals surface area contributed by atoms with Crippen molar-refractivity contribution < 1.29 is 17.9 Å². The van der Waals surface area contributed by atoms with Crippen molar-refractivity contribution in [1.29, 1.82) is 0 Å². The van der Waals surface area contributed by atoms with Gasteiger partial charge in [0.1, 0.15) is 12.3 Å². The van der Waals surface area contributed by atoms with Crippen LogP contribution >= 0.6 is 23.2 Å². The van der Waals surface area contributed by atoms with E-state index in [1.807, 2.05) is 12.1 Å². The molecule has 0 saturated carbocycles. The molecule has 0 aliphatic heterocycles. The van der Waals surface area contributed by atoms with Crippen molar-refractivity contribution in [3.8, 4) is 5.75 Å². The van der Waals surface area contributed by atoms with Gasteiger partial charge in [-0.2, -0.15) is 0 Å². The highest BCUT2D eigenvalue weighted by Gasteiger charge is 2.29. The minimum absolute atomic E-state index is 0.0518. The van der Waals surface area contributed by atoms with Crippen LogP contribution in [0.4, 0.5) is 5.69 Å². The maximum absolute atomic E-state index is 13.4. The highest BCUT2D eigenvalue weighted by Crippen LogP contribution is 2.34. The van der Waals surface area contributed by atoms with E-state index in [1.165, 1.54) is 25.3 Å². The van der Waals surface area contributed by atoms with Crippen molar-refractivity contribution in [2.45, 2.75) is 11.3 Å². The molecule has 3 aromatic carbocycles. The molecule has 0 aromatic heterocycles. The number of anilines is 1. The number of methoxy groups -OCH3 is 1. The Labute approximate surface area is 197 Å². The molecule has 1 amide bonds. The predicted octanol–water partition coefficient (Wildman–Crippen LogP) is 4.56. The van der Waals surface area contributed by atoms with Crippen LogP contribution in [0, 0.1) is 0 Å². The first-order valence-electron chi connectivity index (χ1n) is 9.74. The fourth-order valence-corrected chi connectivity index (χ4v) is 4.80. The average Bonchev–Trinajstić information content (AvgIpc) is 2.79. The fraction of sp³-hybridized carbons (Fsp3) is 0.174. The molecule has 6 nitrogen and oxygen atoms in total. The Morgan fingerprint density at radius 2 is 1.62 bits per heavy atom. The van der Waals surface area contributed by atoms with Crippen molar-refractivity contribution in [2.75, 3.05) is 24.5 Å². The molecule has 32 heavy (non-hydrogen) atoms. The molecular weight excluding hydrogens is 471 g/mol. The van der Waals surface area contributed by atoms with Gasteiger partial charge in [-0.25, -0.2) is 8.42 Å². The minimum Gasteiger partial charge on any atom is -0.495 e. The summed E-state index contributed by atoms with van der Waals surface area (Å²) >= 11 is 12.0. The number of hydrogen-bond acceptors (Lipinski definition) is 4. The summed E-state index contributed by atoms with van der Waals surface area (Å²) in [5.41, 5.74) is 1.18. The first-order valence-corrected chi connectivity index (χ1v) is 11.9. The maximum Gasteiger partial charge on any atom is 0.264 e. The minimum atomic E-state index is -4.06. The third-order valence-electron chi connectivity index (χ3n) is 4.68. The second kappa shape index (κ2) is 10.7. The monoisotopic (exact) mass is 492 g/mol. The van der Waals surface area contributed by atoms with Crippen molar-refractivity contribution in [1.82, 2.24) is 5.32 Å². The smallest absolute Gasteiger partial charge is 0.264 e. The van der Waals surface area contributed by atoms with Crippen LogP contribution in [0.3, 0.4) is 0 Å². The van der Waals surface area contributed by atoms with Gasteiger partial charge in [0.2, 0.25) is 5.91 Å². The van der Waals surface area contributed by atoms with Gasteiger partial charge >= 0.3 is 0 Å². The fourth-order valence-electron chi connectivity index (χ4n) is 3.06. The number of amides is 1. The SMILES string of the molecule is COc1ccc(Cl)cc1N(CC(=O)NCCc1ccc(Cl)cc1)S(=O)(=O)c1ccccc1. The quantitative estimate of drug-likeness (QED) is 0.475. The molecule has 1 N–H and O–H groups in total. The second-order valence-corrected chi connectivity index (χ2v) is 9.60. The van der Waals surface area contributed by atoms with Crippen LogP contribution in [0.25, 0.3) is 0 Å². The second-order valence-electron chi connectivity index (χ2n) is 6.87. The van der Waals surface area contributed by atoms with E-state index in [0.29, 0.717) is 23.0 Å². The number of ether oxygens (including phenoxy) is 1. The van der Waals surface area contributed by atoms with E-state index in [9.17, 15) is 13.2 Å². The third-order valence-corrected chi connectivity index (χ3v) is 6.94. The highest BCUT2D eigenvalue weighted by molar-refractivity contribution is 7.92. The van der Waals surface area contributed by atoms with Gasteiger partial charge in [0.15, 0.2) is 0 Å². The van der Waals surface area contributed by atoms with Crippen LogP contribution in [0.1, 0.15) is 5.56 Å². The summed E-state index contributed by atoms with van der Waals surface area (Å²) in [6.07, 6.45) is 0.578. The summed E-state index contributed by atoms with van der Waals surface area (Å²) in [5, 5.41) is 3.72. The first kappa shape index (κ1) is 23.9. The number of carbonyl (C=O) groups is 1. The molecule has 0 fully saturated rings. The molecule has 0 saturated heterocycles. The van der Waals surface area contributed by atoms with Crippen molar-refractivity contribution in [3.05, 3.63) is 88.4 Å². The Kier molecular flexibility index (Phi) is 8.01. The Bertz CT molecular complexity index is 1170. The number of rotatable bonds is 9. The number of benzene rings is 3. The van der Waals surface area contributed by atoms with E-state index in [1.54, 1.807) is 42.5 Å². The molecule has 0 bridgehead atoms. The van der Waals surface area contributed by atoms with Gasteiger partial charge in [0, 0.05) is 16.6 Å². The van der Waals surface area contributed by atoms with Crippen LogP contribution in [0.2, 0.25) is 10.0 Å². The highest BCUT2D eigenvalue weighted by atomic mass is 35.5. The lowest BCUT2D eigenvalue weighted by Gasteiger charge is -2.26. The summed E-state index contributed by atoms with van der Waals surface area (Å²) in [5.74, 6) is -0.177. The van der Waals surface area contributed by atoms with Crippen LogP contribution in [0.5, 0.6) is 5.75 Å². The molecule has 168 valence electrons. The summed E-state index contributed by atoms with van der Waals surface area (Å²) in [7, 11) is -2.64. The van der Waals surface area contributed by atoms with E-state index in [2.05, 4.69) is 5.32 Å². The van der Waals surface area contributed by atoms with Gasteiger partial charge < -0.3 is 10.1 Å². The summed E-state index contributed by atoms with van der Waals surface area (Å²) in [6.45, 7) is -0.0963. The Morgan fingerprint density at radius 1 is 0.969 bits per heavy atom. The molecule has 3 rings (SSSR count). The van der Waals surface area contributed by atoms with Crippen molar-refractivity contribution >= 4 is 44.8 Å². The van der Waals surface area contributed by atoms with Crippen LogP contribution in [0.15, 0.2) is 77.7 Å². The molecular formula is C23H22Cl2N2O4S. The first-order chi connectivity index (χ1) is 15.3. The van der Waals surface area contributed by atoms with Gasteiger partial charge in [-0.3, -0.25) is 9.10 Å². The van der Waals surface area contributed by atoms with Crippen LogP contribution < -0.4 is 14.4 Å². The number of carbonyl (C=O) groups excluding carboxylic acids is 1. The zero-order valence-corrected chi connectivity index (χ0v) is 19.6. The van der Waals surface area contributed by atoms with E-state index in [4.69, 9.17) is 27.9 Å². The lowest BCUT2D eigenvalue weighted by Crippen LogP contribution is -2.41. The van der Waals surface area contributed by atoms with Gasteiger partial charge in [-0.05, 0) is 54.4 Å². The Balaban J connectivity index is 1.84. The van der Waals surface area contributed by atoms with Gasteiger partial charge in [0.25, 0.3) is 10.0 Å². The molecule has 3 aromatic rings. The topological polar surface area (TPSA) is 75.7 Å². The van der Waals surface area contributed by atoms with Crippen LogP contribution in [-0.4, -0.2) is 34.5 Å². The maximum atomic E-state index is 13.4. The van der Waals surface area contributed by atoms with Crippen molar-refractivity contribution in [3.63, 3.8) is 0 Å². The summed E-state index contributed by atoms with van der Waals surface area (Å²) < 4.78 is 33.2.